The number of pyridine rings is 1. The minimum absolute atomic E-state index is 0.169. The zero-order chi connectivity index (χ0) is 29.0. The Morgan fingerprint density at radius 1 is 1.23 bits per heavy atom. The van der Waals surface area contributed by atoms with Crippen LogP contribution in [0.25, 0.3) is 0 Å². The fraction of sp³-hybridized carbons (Fsp3) is 0.308. The summed E-state index contributed by atoms with van der Waals surface area (Å²) < 4.78 is 51.4. The molecule has 14 heteroatoms. The van der Waals surface area contributed by atoms with Crippen molar-refractivity contribution < 1.29 is 32.4 Å². The number of amides is 1. The number of nitrogens with zero attached hydrogens (tertiary/aromatic N) is 7. The van der Waals surface area contributed by atoms with Crippen molar-refractivity contribution >= 4 is 11.9 Å². The Morgan fingerprint density at radius 2 is 2.00 bits per heavy atom. The van der Waals surface area contributed by atoms with Gasteiger partial charge in [0, 0.05) is 54.9 Å². The summed E-state index contributed by atoms with van der Waals surface area (Å²) >= 11 is 0. The molecule has 0 saturated heterocycles. The van der Waals surface area contributed by atoms with Crippen molar-refractivity contribution in [2.45, 2.75) is 44.7 Å². The Bertz CT molecular complexity index is 1500. The number of nitrogens with two attached hydrogens (primary N) is 1. The van der Waals surface area contributed by atoms with Crippen molar-refractivity contribution in [2.24, 2.45) is 5.73 Å². The monoisotopic (exact) mass is 557 g/mol. The second kappa shape index (κ2) is 11.8. The second-order valence-electron chi connectivity index (χ2n) is 9.15. The lowest BCUT2D eigenvalue weighted by molar-refractivity contribution is -0.753. The van der Waals surface area contributed by atoms with Gasteiger partial charge in [0.15, 0.2) is 5.82 Å². The van der Waals surface area contributed by atoms with Crippen molar-refractivity contribution in [1.29, 1.82) is 0 Å². The van der Waals surface area contributed by atoms with Gasteiger partial charge >= 0.3 is 6.09 Å². The predicted octanol–water partition coefficient (Wildman–Crippen LogP) is 2.71. The van der Waals surface area contributed by atoms with Crippen LogP contribution in [0, 0.1) is 17.5 Å². The summed E-state index contributed by atoms with van der Waals surface area (Å²) in [5, 5.41) is 16.0. The molecule has 1 aromatic carbocycles. The van der Waals surface area contributed by atoms with E-state index in [9.17, 15) is 23.1 Å². The maximum atomic E-state index is 14.9. The average Bonchev–Trinajstić information content (AvgIpc) is 3.40. The highest BCUT2D eigenvalue weighted by Gasteiger charge is 2.43. The number of benzene rings is 1. The molecule has 0 aliphatic heterocycles. The second-order valence-corrected chi connectivity index (χ2v) is 9.15. The zero-order valence-corrected chi connectivity index (χ0v) is 21.9. The molecule has 1 amide bonds. The molecule has 3 N–H and O–H groups in total. The van der Waals surface area contributed by atoms with Gasteiger partial charge in [0.2, 0.25) is 12.6 Å². The Morgan fingerprint density at radius 3 is 2.70 bits per heavy atom. The van der Waals surface area contributed by atoms with E-state index in [0.29, 0.717) is 17.4 Å². The number of carbonyl (C=O) groups is 1. The summed E-state index contributed by atoms with van der Waals surface area (Å²) in [6.45, 7) is 2.83. The van der Waals surface area contributed by atoms with Gasteiger partial charge in [-0.05, 0) is 12.1 Å². The highest BCUT2D eigenvalue weighted by atomic mass is 19.1. The van der Waals surface area contributed by atoms with E-state index in [1.165, 1.54) is 47.0 Å². The van der Waals surface area contributed by atoms with E-state index in [0.717, 1.165) is 24.7 Å². The molecule has 0 saturated carbocycles. The summed E-state index contributed by atoms with van der Waals surface area (Å²) in [6, 6.07) is 6.16. The van der Waals surface area contributed by atoms with Crippen LogP contribution in [0.3, 0.4) is 0 Å². The fourth-order valence-corrected chi connectivity index (χ4v) is 4.28. The van der Waals surface area contributed by atoms with Crippen molar-refractivity contribution in [1.82, 2.24) is 24.7 Å². The molecule has 4 aromatic rings. The van der Waals surface area contributed by atoms with Crippen LogP contribution in [0.1, 0.15) is 42.8 Å². The quantitative estimate of drug-likeness (QED) is 0.300. The highest BCUT2D eigenvalue weighted by molar-refractivity contribution is 5.86. The summed E-state index contributed by atoms with van der Waals surface area (Å²) in [6.07, 6.45) is 4.74. The maximum absolute atomic E-state index is 14.9. The van der Waals surface area contributed by atoms with E-state index in [1.807, 2.05) is 0 Å². The van der Waals surface area contributed by atoms with E-state index in [2.05, 4.69) is 20.1 Å². The molecule has 210 valence electrons. The van der Waals surface area contributed by atoms with Crippen molar-refractivity contribution in [3.63, 3.8) is 0 Å². The summed E-state index contributed by atoms with van der Waals surface area (Å²) in [5.74, 6) is -3.44. The molecule has 0 aliphatic carbocycles. The third-order valence-corrected chi connectivity index (χ3v) is 6.59. The van der Waals surface area contributed by atoms with Gasteiger partial charge in [-0.25, -0.2) is 32.9 Å². The van der Waals surface area contributed by atoms with Crippen LogP contribution in [0.15, 0.2) is 61.7 Å². The van der Waals surface area contributed by atoms with Crippen molar-refractivity contribution in [2.75, 3.05) is 11.9 Å². The van der Waals surface area contributed by atoms with Gasteiger partial charge in [-0.1, -0.05) is 19.1 Å². The molecule has 1 unspecified atom stereocenters. The fourth-order valence-electron chi connectivity index (χ4n) is 4.28. The molecule has 0 fully saturated rings. The summed E-state index contributed by atoms with van der Waals surface area (Å²) in [7, 11) is 1.50. The summed E-state index contributed by atoms with van der Waals surface area (Å²) in [5.41, 5.74) is 3.80. The van der Waals surface area contributed by atoms with E-state index >= 15 is 0 Å². The Hall–Kier alpha value is -4.43. The standard InChI is InChI=1S/C26H28F3N8O3/c1-16(23-22(29)11-31-13-33-23)26(39,20-7-6-19(27)9-21(20)28)12-37-15-36(14-34-37)17(2)40-25(38)35(3)24-18(10-30)5-4-8-32-24/h4-9,11,13-17,39H,10,12,30H2,1-3H3/q+1/t16-,17?,26+/m0/s1. The van der Waals surface area contributed by atoms with E-state index in [4.69, 9.17) is 10.5 Å². The molecular weight excluding hydrogens is 529 g/mol. The first-order valence-electron chi connectivity index (χ1n) is 12.2. The van der Waals surface area contributed by atoms with Crippen molar-refractivity contribution in [3.05, 3.63) is 96.0 Å². The molecule has 0 radical (unpaired) electrons. The van der Waals surface area contributed by atoms with Crippen LogP contribution in [0.5, 0.6) is 0 Å². The van der Waals surface area contributed by atoms with Gasteiger partial charge in [-0.2, -0.15) is 4.57 Å². The third-order valence-electron chi connectivity index (χ3n) is 6.59. The smallest absolute Gasteiger partial charge is 0.412 e. The highest BCUT2D eigenvalue weighted by Crippen LogP contribution is 2.39. The maximum Gasteiger partial charge on any atom is 0.418 e. The largest absolute Gasteiger partial charge is 0.418 e. The Balaban J connectivity index is 1.59. The number of rotatable bonds is 9. The lowest BCUT2D eigenvalue weighted by Crippen LogP contribution is -2.42. The average molecular weight is 558 g/mol. The molecule has 0 aliphatic rings. The first kappa shape index (κ1) is 28.6. The van der Waals surface area contributed by atoms with Crippen LogP contribution >= 0.6 is 0 Å². The topological polar surface area (TPSA) is 136 Å². The first-order valence-corrected chi connectivity index (χ1v) is 12.2. The normalized spacial score (nSPS) is 14.3. The SMILES string of the molecule is CC(OC(=O)N(C)c1ncccc1CN)[n+]1cnn(C[C@](O)(c2ccc(F)cc2F)[C@@H](C)c2ncncc2F)c1. The van der Waals surface area contributed by atoms with Gasteiger partial charge in [-0.15, -0.1) is 4.68 Å². The van der Waals surface area contributed by atoms with E-state index < -0.39 is 41.3 Å². The van der Waals surface area contributed by atoms with Gasteiger partial charge in [0.25, 0.3) is 6.33 Å². The number of ether oxygens (including phenoxy) is 1. The van der Waals surface area contributed by atoms with Crippen LogP contribution in [-0.4, -0.2) is 43.0 Å². The third kappa shape index (κ3) is 5.77. The van der Waals surface area contributed by atoms with Crippen molar-refractivity contribution in [3.8, 4) is 0 Å². The molecule has 4 rings (SSSR count). The molecule has 0 spiro atoms. The first-order chi connectivity index (χ1) is 19.0. The number of aliphatic hydroxyl groups is 1. The minimum atomic E-state index is -2.13. The number of hydrogen-bond donors (Lipinski definition) is 2. The van der Waals surface area contributed by atoms with Gasteiger partial charge < -0.3 is 15.6 Å². The number of hydrogen-bond acceptors (Lipinski definition) is 8. The van der Waals surface area contributed by atoms with Crippen LogP contribution in [-0.2, 0) is 23.4 Å². The lowest BCUT2D eigenvalue weighted by Gasteiger charge is -2.32. The van der Waals surface area contributed by atoms with Crippen LogP contribution in [0.4, 0.5) is 23.8 Å². The lowest BCUT2D eigenvalue weighted by atomic mass is 9.79. The molecule has 40 heavy (non-hydrogen) atoms. The number of halogens is 3. The molecule has 3 atom stereocenters. The molecule has 3 heterocycles. The molecule has 0 bridgehead atoms. The minimum Gasteiger partial charge on any atom is -0.412 e. The molecule has 3 aromatic heterocycles. The van der Waals surface area contributed by atoms with Gasteiger partial charge in [-0.3, -0.25) is 4.90 Å². The Labute approximate surface area is 227 Å². The van der Waals surface area contributed by atoms with E-state index in [1.54, 1.807) is 19.1 Å². The van der Waals surface area contributed by atoms with Crippen LogP contribution in [0.2, 0.25) is 0 Å². The zero-order valence-electron chi connectivity index (χ0n) is 21.9. The number of aromatic nitrogens is 6. The Kier molecular flexibility index (Phi) is 8.40. The number of anilines is 1. The van der Waals surface area contributed by atoms with E-state index in [-0.39, 0.29) is 24.3 Å². The molecular formula is C26H28F3N8O3+. The predicted molar refractivity (Wildman–Crippen MR) is 135 cm³/mol. The number of carbonyl (C=O) groups excluding carboxylic acids is 1. The summed E-state index contributed by atoms with van der Waals surface area (Å²) in [4.78, 5) is 25.7. The van der Waals surface area contributed by atoms with Crippen LogP contribution < -0.4 is 15.2 Å². The van der Waals surface area contributed by atoms with Gasteiger partial charge in [0.1, 0.15) is 35.9 Å². The molecule has 11 nitrogen and oxygen atoms in total. The van der Waals surface area contributed by atoms with Gasteiger partial charge in [0.05, 0.1) is 11.9 Å².